The Morgan fingerprint density at radius 1 is 0.667 bits per heavy atom. The van der Waals surface area contributed by atoms with Gasteiger partial charge in [0.1, 0.15) is 0 Å². The van der Waals surface area contributed by atoms with Gasteiger partial charge in [-0.15, -0.1) is 0 Å². The van der Waals surface area contributed by atoms with Crippen molar-refractivity contribution in [3.63, 3.8) is 0 Å². The van der Waals surface area contributed by atoms with Gasteiger partial charge >= 0.3 is 0 Å². The van der Waals surface area contributed by atoms with Crippen LogP contribution < -0.4 is 5.73 Å². The van der Waals surface area contributed by atoms with E-state index in [2.05, 4.69) is 77.4 Å². The van der Waals surface area contributed by atoms with Crippen LogP contribution in [0.4, 0.5) is 0 Å². The minimum Gasteiger partial charge on any atom is -0.336 e. The first-order valence-corrected chi connectivity index (χ1v) is 8.92. The topological polar surface area (TPSA) is 30.9 Å². The molecule has 2 heteroatoms. The molecule has 3 aromatic rings. The van der Waals surface area contributed by atoms with Gasteiger partial charge in [-0.05, 0) is 36.1 Å². The first-order valence-electron chi connectivity index (χ1n) is 8.92. The minimum atomic E-state index is 0.232. The van der Waals surface area contributed by atoms with Crippen LogP contribution in [0.3, 0.4) is 0 Å². The molecule has 1 fully saturated rings. The summed E-state index contributed by atoms with van der Waals surface area (Å²) in [5.41, 5.74) is 11.6. The maximum Gasteiger partial charge on any atom is 0.0493 e. The van der Waals surface area contributed by atoms with Crippen LogP contribution in [0, 0.1) is 0 Å². The lowest BCUT2D eigenvalue weighted by Crippen LogP contribution is -2.35. The van der Waals surface area contributed by atoms with Gasteiger partial charge in [-0.1, -0.05) is 73.5 Å². The molecule has 1 aromatic heterocycles. The molecule has 0 spiro atoms. The largest absolute Gasteiger partial charge is 0.336 e. The highest BCUT2D eigenvalue weighted by atomic mass is 15.1. The van der Waals surface area contributed by atoms with Crippen molar-refractivity contribution in [1.82, 2.24) is 4.57 Å². The summed E-state index contributed by atoms with van der Waals surface area (Å²) in [4.78, 5) is 0. The van der Waals surface area contributed by atoms with Gasteiger partial charge < -0.3 is 10.3 Å². The molecule has 4 rings (SSSR count). The summed E-state index contributed by atoms with van der Waals surface area (Å²) in [7, 11) is 0. The molecule has 2 nitrogen and oxygen atoms in total. The van der Waals surface area contributed by atoms with E-state index in [-0.39, 0.29) is 6.04 Å². The third kappa shape index (κ3) is 2.78. The van der Waals surface area contributed by atoms with Gasteiger partial charge in [0.15, 0.2) is 0 Å². The molecule has 0 radical (unpaired) electrons. The van der Waals surface area contributed by atoms with Crippen molar-refractivity contribution in [1.29, 1.82) is 0 Å². The molecule has 0 aliphatic heterocycles. The lowest BCUT2D eigenvalue weighted by molar-refractivity contribution is 0.311. The van der Waals surface area contributed by atoms with Crippen LogP contribution in [0.25, 0.3) is 22.5 Å². The first-order chi connectivity index (χ1) is 11.8. The number of nitrogens with zero attached hydrogens (tertiary/aromatic N) is 1. The average Bonchev–Trinajstić information content (AvgIpc) is 3.08. The number of hydrogen-bond acceptors (Lipinski definition) is 1. The highest BCUT2D eigenvalue weighted by Gasteiger charge is 2.27. The van der Waals surface area contributed by atoms with Gasteiger partial charge in [-0.3, -0.25) is 0 Å². The number of aromatic nitrogens is 1. The summed E-state index contributed by atoms with van der Waals surface area (Å²) >= 11 is 0. The normalized spacial score (nSPS) is 20.9. The van der Waals surface area contributed by atoms with Crippen molar-refractivity contribution in [3.05, 3.63) is 72.8 Å². The van der Waals surface area contributed by atoms with Crippen LogP contribution >= 0.6 is 0 Å². The Morgan fingerprint density at radius 2 is 1.17 bits per heavy atom. The monoisotopic (exact) mass is 316 g/mol. The van der Waals surface area contributed by atoms with Crippen molar-refractivity contribution in [2.75, 3.05) is 0 Å². The minimum absolute atomic E-state index is 0.232. The summed E-state index contributed by atoms with van der Waals surface area (Å²) in [6.07, 6.45) is 4.79. The van der Waals surface area contributed by atoms with Crippen molar-refractivity contribution in [2.45, 2.75) is 37.8 Å². The van der Waals surface area contributed by atoms with Gasteiger partial charge in [0.05, 0.1) is 0 Å². The van der Waals surface area contributed by atoms with Crippen molar-refractivity contribution in [2.24, 2.45) is 5.73 Å². The predicted octanol–water partition coefficient (Wildman–Crippen LogP) is 5.26. The van der Waals surface area contributed by atoms with Gasteiger partial charge in [0.2, 0.25) is 0 Å². The third-order valence-corrected chi connectivity index (χ3v) is 5.17. The summed E-state index contributed by atoms with van der Waals surface area (Å²) in [6.45, 7) is 0. The summed E-state index contributed by atoms with van der Waals surface area (Å²) in [6, 6.07) is 26.4. The molecule has 1 heterocycles. The van der Waals surface area contributed by atoms with E-state index in [0.717, 1.165) is 12.8 Å². The van der Waals surface area contributed by atoms with Crippen LogP contribution in [0.2, 0.25) is 0 Å². The Morgan fingerprint density at radius 3 is 1.67 bits per heavy atom. The molecule has 122 valence electrons. The highest BCUT2D eigenvalue weighted by Crippen LogP contribution is 2.37. The van der Waals surface area contributed by atoms with Crippen molar-refractivity contribution in [3.8, 4) is 22.5 Å². The van der Waals surface area contributed by atoms with E-state index in [4.69, 9.17) is 5.73 Å². The van der Waals surface area contributed by atoms with Crippen LogP contribution in [-0.2, 0) is 0 Å². The van der Waals surface area contributed by atoms with Crippen LogP contribution in [0.1, 0.15) is 31.7 Å². The maximum atomic E-state index is 6.54. The van der Waals surface area contributed by atoms with Gasteiger partial charge in [0, 0.05) is 23.5 Å². The predicted molar refractivity (Wildman–Crippen MR) is 101 cm³/mol. The fraction of sp³-hybridized carbons (Fsp3) is 0.273. The van der Waals surface area contributed by atoms with E-state index in [1.54, 1.807) is 0 Å². The quantitative estimate of drug-likeness (QED) is 0.701. The highest BCUT2D eigenvalue weighted by molar-refractivity contribution is 5.70. The van der Waals surface area contributed by atoms with E-state index < -0.39 is 0 Å². The molecular formula is C22H24N2. The zero-order valence-corrected chi connectivity index (χ0v) is 13.9. The molecular weight excluding hydrogens is 292 g/mol. The molecule has 1 saturated carbocycles. The summed E-state index contributed by atoms with van der Waals surface area (Å²) in [5.74, 6) is 0. The molecule has 0 bridgehead atoms. The van der Waals surface area contributed by atoms with E-state index in [0.29, 0.717) is 6.04 Å². The summed E-state index contributed by atoms with van der Waals surface area (Å²) < 4.78 is 2.49. The molecule has 0 unspecified atom stereocenters. The van der Waals surface area contributed by atoms with E-state index in [9.17, 15) is 0 Å². The van der Waals surface area contributed by atoms with Crippen LogP contribution in [0.5, 0.6) is 0 Å². The zero-order chi connectivity index (χ0) is 16.4. The van der Waals surface area contributed by atoms with Crippen molar-refractivity contribution >= 4 is 0 Å². The van der Waals surface area contributed by atoms with Crippen molar-refractivity contribution < 1.29 is 0 Å². The summed E-state index contributed by atoms with van der Waals surface area (Å²) in [5, 5.41) is 0. The Hall–Kier alpha value is -2.32. The SMILES string of the molecule is N[C@@H]1CCCC[C@H]1n1c(-c2ccccc2)ccc1-c1ccccc1. The van der Waals surface area contributed by atoms with E-state index >= 15 is 0 Å². The smallest absolute Gasteiger partial charge is 0.0493 e. The zero-order valence-electron chi connectivity index (χ0n) is 13.9. The van der Waals surface area contributed by atoms with E-state index in [1.165, 1.54) is 35.4 Å². The number of nitrogens with two attached hydrogens (primary N) is 1. The Labute approximate surface area is 143 Å². The first kappa shape index (κ1) is 15.2. The Balaban J connectivity index is 1.88. The average molecular weight is 316 g/mol. The second kappa shape index (κ2) is 6.66. The standard InChI is InChI=1S/C22H24N2/c23-19-13-7-8-14-22(19)24-20(17-9-3-1-4-10-17)15-16-21(24)18-11-5-2-6-12-18/h1-6,9-12,15-16,19,22H,7-8,13-14,23H2/t19-,22-/m1/s1. The second-order valence-corrected chi connectivity index (χ2v) is 6.72. The van der Waals surface area contributed by atoms with Crippen LogP contribution in [-0.4, -0.2) is 10.6 Å². The molecule has 0 amide bonds. The lowest BCUT2D eigenvalue weighted by Gasteiger charge is -2.33. The molecule has 1 aliphatic carbocycles. The fourth-order valence-electron chi connectivity index (χ4n) is 3.95. The third-order valence-electron chi connectivity index (χ3n) is 5.17. The fourth-order valence-corrected chi connectivity index (χ4v) is 3.95. The second-order valence-electron chi connectivity index (χ2n) is 6.72. The van der Waals surface area contributed by atoms with Crippen LogP contribution in [0.15, 0.2) is 72.8 Å². The maximum absolute atomic E-state index is 6.54. The number of benzene rings is 2. The number of rotatable bonds is 3. The Bertz CT molecular complexity index is 732. The van der Waals surface area contributed by atoms with Gasteiger partial charge in [-0.2, -0.15) is 0 Å². The molecule has 24 heavy (non-hydrogen) atoms. The molecule has 2 aromatic carbocycles. The molecule has 0 saturated heterocycles. The molecule has 1 aliphatic rings. The van der Waals surface area contributed by atoms with E-state index in [1.807, 2.05) is 0 Å². The van der Waals surface area contributed by atoms with Gasteiger partial charge in [-0.25, -0.2) is 0 Å². The molecule has 2 N–H and O–H groups in total. The molecule has 2 atom stereocenters. The Kier molecular flexibility index (Phi) is 4.22. The van der Waals surface area contributed by atoms with Gasteiger partial charge in [0.25, 0.3) is 0 Å². The number of hydrogen-bond donors (Lipinski definition) is 1. The lowest BCUT2D eigenvalue weighted by atomic mass is 9.90.